The number of hydrogen-bond acceptors (Lipinski definition) is 3. The van der Waals surface area contributed by atoms with Crippen molar-refractivity contribution >= 4 is 21.7 Å². The Bertz CT molecular complexity index is 892. The number of fused-ring (bicyclic) bond motifs is 1. The van der Waals surface area contributed by atoms with Crippen LogP contribution in [0.25, 0.3) is 0 Å². The molecule has 0 saturated heterocycles. The van der Waals surface area contributed by atoms with Crippen molar-refractivity contribution in [2.75, 3.05) is 24.5 Å². The normalized spacial score (nSPS) is 14.4. The number of guanidine groups is 1. The molecule has 3 N–H and O–H groups in total. The molecule has 2 aromatic rings. The van der Waals surface area contributed by atoms with E-state index in [-0.39, 0.29) is 4.90 Å². The Morgan fingerprint density at radius 1 is 1.19 bits per heavy atom. The third-order valence-electron chi connectivity index (χ3n) is 4.39. The lowest BCUT2D eigenvalue weighted by Gasteiger charge is -2.22. The molecule has 138 valence electrons. The van der Waals surface area contributed by atoms with Crippen LogP contribution in [0.5, 0.6) is 0 Å². The van der Waals surface area contributed by atoms with Crippen LogP contribution in [0.1, 0.15) is 18.1 Å². The summed E-state index contributed by atoms with van der Waals surface area (Å²) in [5.41, 5.74) is 3.58. The van der Waals surface area contributed by atoms with Crippen LogP contribution in [0, 0.1) is 0 Å². The second-order valence-corrected chi connectivity index (χ2v) is 7.77. The van der Waals surface area contributed by atoms with Crippen LogP contribution in [0.15, 0.2) is 58.4 Å². The molecule has 0 unspecified atom stereocenters. The quantitative estimate of drug-likeness (QED) is 0.620. The summed E-state index contributed by atoms with van der Waals surface area (Å²) in [6, 6.07) is 15.0. The van der Waals surface area contributed by atoms with Crippen LogP contribution in [-0.2, 0) is 22.9 Å². The number of benzene rings is 2. The van der Waals surface area contributed by atoms with Crippen LogP contribution in [-0.4, -0.2) is 34.0 Å². The molecule has 0 saturated carbocycles. The summed E-state index contributed by atoms with van der Waals surface area (Å²) in [6.07, 6.45) is 1.75. The number of rotatable bonds is 5. The maximum absolute atomic E-state index is 11.3. The number of anilines is 1. The maximum Gasteiger partial charge on any atom is 0.238 e. The molecule has 0 aliphatic carbocycles. The third-order valence-corrected chi connectivity index (χ3v) is 5.32. The third kappa shape index (κ3) is 4.23. The van der Waals surface area contributed by atoms with Crippen LogP contribution < -0.4 is 15.4 Å². The minimum absolute atomic E-state index is 0.131. The monoisotopic (exact) mass is 372 g/mol. The fraction of sp³-hybridized carbons (Fsp3) is 0.316. The first-order valence-corrected chi connectivity index (χ1v) is 10.3. The van der Waals surface area contributed by atoms with Gasteiger partial charge in [-0.2, -0.15) is 0 Å². The van der Waals surface area contributed by atoms with E-state index in [0.717, 1.165) is 37.5 Å². The van der Waals surface area contributed by atoms with Gasteiger partial charge in [0, 0.05) is 25.3 Å². The molecule has 7 heteroatoms. The zero-order valence-electron chi connectivity index (χ0n) is 14.9. The summed E-state index contributed by atoms with van der Waals surface area (Å²) in [7, 11) is -3.64. The standard InChI is InChI=1S/C19H24N4O2S/c1-2-21-19(23-14-12-16-5-3-4-6-18(16)23)22-13-11-15-7-9-17(10-8-15)26(20,24)25/h3-10H,2,11-14H2,1H3,(H,21,22)(H2,20,24,25). The molecular formula is C19H24N4O2S. The number of primary sulfonamides is 1. The Balaban J connectivity index is 1.69. The predicted octanol–water partition coefficient (Wildman–Crippen LogP) is 1.90. The van der Waals surface area contributed by atoms with Gasteiger partial charge < -0.3 is 10.2 Å². The van der Waals surface area contributed by atoms with Crippen LogP contribution in [0.4, 0.5) is 5.69 Å². The predicted molar refractivity (Wildman–Crippen MR) is 105 cm³/mol. The van der Waals surface area contributed by atoms with E-state index in [1.54, 1.807) is 12.1 Å². The number of nitrogens with two attached hydrogens (primary N) is 1. The van der Waals surface area contributed by atoms with Crippen molar-refractivity contribution in [3.63, 3.8) is 0 Å². The Morgan fingerprint density at radius 3 is 2.62 bits per heavy atom. The average Bonchev–Trinajstić information content (AvgIpc) is 3.05. The smallest absolute Gasteiger partial charge is 0.238 e. The minimum Gasteiger partial charge on any atom is -0.356 e. The van der Waals surface area contributed by atoms with Gasteiger partial charge in [-0.1, -0.05) is 30.3 Å². The van der Waals surface area contributed by atoms with Gasteiger partial charge in [-0.05, 0) is 49.1 Å². The molecule has 2 aromatic carbocycles. The highest BCUT2D eigenvalue weighted by Gasteiger charge is 2.22. The molecule has 3 rings (SSSR count). The molecule has 0 spiro atoms. The van der Waals surface area contributed by atoms with Crippen LogP contribution >= 0.6 is 0 Å². The first kappa shape index (κ1) is 18.4. The first-order chi connectivity index (χ1) is 12.5. The Labute approximate surface area is 154 Å². The van der Waals surface area contributed by atoms with Gasteiger partial charge >= 0.3 is 0 Å². The molecule has 0 aromatic heterocycles. The Hall–Kier alpha value is -2.38. The van der Waals surface area contributed by atoms with Gasteiger partial charge in [0.1, 0.15) is 0 Å². The van der Waals surface area contributed by atoms with Gasteiger partial charge in [0.25, 0.3) is 0 Å². The van der Waals surface area contributed by atoms with Crippen molar-refractivity contribution in [2.24, 2.45) is 10.1 Å². The highest BCUT2D eigenvalue weighted by Crippen LogP contribution is 2.27. The number of hydrogen-bond donors (Lipinski definition) is 2. The van der Waals surface area contributed by atoms with Gasteiger partial charge in [0.15, 0.2) is 5.96 Å². The Morgan fingerprint density at radius 2 is 1.92 bits per heavy atom. The number of sulfonamides is 1. The summed E-state index contributed by atoms with van der Waals surface area (Å²) in [5.74, 6) is 0.888. The summed E-state index contributed by atoms with van der Waals surface area (Å²) in [6.45, 7) is 4.41. The fourth-order valence-electron chi connectivity index (χ4n) is 3.09. The van der Waals surface area contributed by atoms with Crippen molar-refractivity contribution in [1.29, 1.82) is 0 Å². The van der Waals surface area contributed by atoms with E-state index in [2.05, 4.69) is 35.3 Å². The number of nitrogens with one attached hydrogen (secondary N) is 1. The van der Waals surface area contributed by atoms with Gasteiger partial charge in [0.05, 0.1) is 4.90 Å². The number of nitrogens with zero attached hydrogens (tertiary/aromatic N) is 2. The number of para-hydroxylation sites is 1. The lowest BCUT2D eigenvalue weighted by atomic mass is 10.1. The van der Waals surface area contributed by atoms with E-state index in [1.165, 1.54) is 23.4 Å². The summed E-state index contributed by atoms with van der Waals surface area (Å²) >= 11 is 0. The summed E-state index contributed by atoms with van der Waals surface area (Å²) in [4.78, 5) is 7.11. The maximum atomic E-state index is 11.3. The molecule has 0 amide bonds. The van der Waals surface area contributed by atoms with Crippen molar-refractivity contribution in [3.05, 3.63) is 59.7 Å². The number of aliphatic imine (C=N–C) groups is 1. The van der Waals surface area contributed by atoms with E-state index in [4.69, 9.17) is 10.1 Å². The largest absolute Gasteiger partial charge is 0.356 e. The van der Waals surface area contributed by atoms with E-state index < -0.39 is 10.0 Å². The molecule has 1 heterocycles. The molecule has 0 bridgehead atoms. The van der Waals surface area contributed by atoms with Crippen LogP contribution in [0.2, 0.25) is 0 Å². The molecule has 0 radical (unpaired) electrons. The average molecular weight is 372 g/mol. The molecular weight excluding hydrogens is 348 g/mol. The van der Waals surface area contributed by atoms with Gasteiger partial charge in [0.2, 0.25) is 10.0 Å². The second-order valence-electron chi connectivity index (χ2n) is 6.20. The topological polar surface area (TPSA) is 87.8 Å². The molecule has 1 aliphatic rings. The van der Waals surface area contributed by atoms with Crippen molar-refractivity contribution < 1.29 is 8.42 Å². The lowest BCUT2D eigenvalue weighted by Crippen LogP contribution is -2.40. The first-order valence-electron chi connectivity index (χ1n) is 8.74. The zero-order chi connectivity index (χ0) is 18.6. The van der Waals surface area contributed by atoms with Crippen LogP contribution in [0.3, 0.4) is 0 Å². The van der Waals surface area contributed by atoms with E-state index in [1.807, 2.05) is 6.07 Å². The SMILES string of the molecule is CCNC(=NCCc1ccc(S(N)(=O)=O)cc1)N1CCc2ccccc21. The van der Waals surface area contributed by atoms with Crippen molar-refractivity contribution in [2.45, 2.75) is 24.7 Å². The molecule has 0 fully saturated rings. The van der Waals surface area contributed by atoms with E-state index in [0.29, 0.717) is 6.54 Å². The summed E-state index contributed by atoms with van der Waals surface area (Å²) < 4.78 is 22.6. The lowest BCUT2D eigenvalue weighted by molar-refractivity contribution is 0.598. The highest BCUT2D eigenvalue weighted by molar-refractivity contribution is 7.89. The molecule has 1 aliphatic heterocycles. The summed E-state index contributed by atoms with van der Waals surface area (Å²) in [5, 5.41) is 8.49. The van der Waals surface area contributed by atoms with Gasteiger partial charge in [-0.3, -0.25) is 4.99 Å². The van der Waals surface area contributed by atoms with Crippen molar-refractivity contribution in [1.82, 2.24) is 5.32 Å². The fourth-order valence-corrected chi connectivity index (χ4v) is 3.61. The minimum atomic E-state index is -3.64. The molecule has 6 nitrogen and oxygen atoms in total. The van der Waals surface area contributed by atoms with E-state index >= 15 is 0 Å². The molecule has 26 heavy (non-hydrogen) atoms. The molecule has 0 atom stereocenters. The van der Waals surface area contributed by atoms with Crippen molar-refractivity contribution in [3.8, 4) is 0 Å². The Kier molecular flexibility index (Phi) is 5.58. The van der Waals surface area contributed by atoms with E-state index in [9.17, 15) is 8.42 Å². The van der Waals surface area contributed by atoms with Gasteiger partial charge in [-0.15, -0.1) is 0 Å². The highest BCUT2D eigenvalue weighted by atomic mass is 32.2. The van der Waals surface area contributed by atoms with Gasteiger partial charge in [-0.25, -0.2) is 13.6 Å². The second kappa shape index (κ2) is 7.88. The zero-order valence-corrected chi connectivity index (χ0v) is 15.7.